The number of hydrogen-bond acceptors (Lipinski definition) is 3. The van der Waals surface area contributed by atoms with Gasteiger partial charge in [-0.2, -0.15) is 0 Å². The van der Waals surface area contributed by atoms with E-state index in [2.05, 4.69) is 20.9 Å². The van der Waals surface area contributed by atoms with E-state index < -0.39 is 11.4 Å². The molecule has 138 valence electrons. The Kier molecular flexibility index (Phi) is 4.56. The second-order valence-corrected chi connectivity index (χ2v) is 8.17. The van der Waals surface area contributed by atoms with Crippen molar-refractivity contribution in [3.05, 3.63) is 56.6 Å². The summed E-state index contributed by atoms with van der Waals surface area (Å²) >= 11 is 3.26. The van der Waals surface area contributed by atoms with Crippen LogP contribution >= 0.6 is 15.9 Å². The molecule has 0 aliphatic heterocycles. The Morgan fingerprint density at radius 3 is 2.46 bits per heavy atom. The van der Waals surface area contributed by atoms with E-state index in [0.717, 1.165) is 5.56 Å². The lowest BCUT2D eigenvalue weighted by Crippen LogP contribution is -2.20. The molecule has 0 bridgehead atoms. The molecule has 1 N–H and O–H groups in total. The number of halogens is 2. The summed E-state index contributed by atoms with van der Waals surface area (Å²) in [4.78, 5) is 16.8. The van der Waals surface area contributed by atoms with Gasteiger partial charge in [0.1, 0.15) is 17.2 Å². The minimum atomic E-state index is -1.15. The van der Waals surface area contributed by atoms with Crippen molar-refractivity contribution in [1.82, 2.24) is 14.0 Å². The Hall–Kier alpha value is -1.99. The van der Waals surface area contributed by atoms with Crippen LogP contribution in [0.2, 0.25) is 0 Å². The second kappa shape index (κ2) is 6.32. The topological polar surface area (TPSA) is 59.5 Å². The van der Waals surface area contributed by atoms with Crippen LogP contribution in [0.15, 0.2) is 33.8 Å². The molecule has 3 heterocycles. The maximum atomic E-state index is 14.8. The molecule has 0 radical (unpaired) electrons. The zero-order valence-corrected chi connectivity index (χ0v) is 16.9. The molecule has 0 saturated carbocycles. The second-order valence-electron chi connectivity index (χ2n) is 7.32. The highest BCUT2D eigenvalue weighted by molar-refractivity contribution is 9.10. The predicted octanol–water partition coefficient (Wildman–Crippen LogP) is 3.95. The van der Waals surface area contributed by atoms with E-state index in [-0.39, 0.29) is 11.5 Å². The average molecular weight is 422 g/mol. The van der Waals surface area contributed by atoms with Crippen molar-refractivity contribution in [3.63, 3.8) is 0 Å². The molecule has 0 fully saturated rings. The molecule has 7 heteroatoms. The molecule has 0 atom stereocenters. The third kappa shape index (κ3) is 3.10. The normalized spacial score (nSPS) is 12.3. The molecule has 3 rings (SSSR count). The van der Waals surface area contributed by atoms with Gasteiger partial charge in [-0.05, 0) is 53.4 Å². The molecule has 0 aliphatic carbocycles. The molecular formula is C19H21BrFN3O2. The first kappa shape index (κ1) is 18.8. The summed E-state index contributed by atoms with van der Waals surface area (Å²) < 4.78 is 18.2. The molecule has 3 aromatic rings. The molecule has 0 saturated heterocycles. The SMILES string of the molecule is CC(C)c1cc(Br)c(=O)n2cc(F)c(-c3cn(C)c(C(C)(C)O)n3)cc12. The highest BCUT2D eigenvalue weighted by Crippen LogP contribution is 2.30. The summed E-state index contributed by atoms with van der Waals surface area (Å²) in [6.45, 7) is 7.29. The molecule has 0 spiro atoms. The molecule has 26 heavy (non-hydrogen) atoms. The number of aryl methyl sites for hydroxylation is 1. The van der Waals surface area contributed by atoms with Crippen molar-refractivity contribution in [2.45, 2.75) is 39.2 Å². The summed E-state index contributed by atoms with van der Waals surface area (Å²) in [5.41, 5.74) is 0.810. The van der Waals surface area contributed by atoms with Crippen LogP contribution in [0.1, 0.15) is 45.0 Å². The Labute approximate surface area is 159 Å². The molecule has 3 aromatic heterocycles. The van der Waals surface area contributed by atoms with Crippen molar-refractivity contribution in [1.29, 1.82) is 0 Å². The maximum absolute atomic E-state index is 14.8. The van der Waals surface area contributed by atoms with E-state index in [1.165, 1.54) is 10.6 Å². The fraction of sp³-hybridized carbons (Fsp3) is 0.368. The quantitative estimate of drug-likeness (QED) is 0.696. The number of fused-ring (bicyclic) bond motifs is 1. The standard InChI is InChI=1S/C19H21BrFN3O2/c1-10(2)11-6-13(20)17(25)24-8-14(21)12(7-16(11)24)15-9-23(5)18(22-15)19(3,4)26/h6-10,26H,1-5H3. The first-order valence-corrected chi connectivity index (χ1v) is 9.11. The van der Waals surface area contributed by atoms with Crippen LogP contribution < -0.4 is 5.56 Å². The number of nitrogens with zero attached hydrogens (tertiary/aromatic N) is 3. The Morgan fingerprint density at radius 1 is 1.27 bits per heavy atom. The Morgan fingerprint density at radius 2 is 1.92 bits per heavy atom. The van der Waals surface area contributed by atoms with E-state index in [1.54, 1.807) is 43.8 Å². The lowest BCUT2D eigenvalue weighted by molar-refractivity contribution is 0.0659. The van der Waals surface area contributed by atoms with E-state index in [1.807, 2.05) is 13.8 Å². The van der Waals surface area contributed by atoms with E-state index in [9.17, 15) is 14.3 Å². The van der Waals surface area contributed by atoms with Crippen LogP contribution in [-0.4, -0.2) is 19.1 Å². The molecule has 0 unspecified atom stereocenters. The molecule has 0 amide bonds. The summed E-state index contributed by atoms with van der Waals surface area (Å²) in [6.07, 6.45) is 2.87. The first-order valence-electron chi connectivity index (χ1n) is 8.31. The molecule has 5 nitrogen and oxygen atoms in total. The minimum Gasteiger partial charge on any atom is -0.383 e. The van der Waals surface area contributed by atoms with Crippen molar-refractivity contribution >= 4 is 21.4 Å². The number of rotatable bonds is 3. The smallest absolute Gasteiger partial charge is 0.269 e. The van der Waals surface area contributed by atoms with Gasteiger partial charge in [0.15, 0.2) is 0 Å². The number of aliphatic hydroxyl groups is 1. The highest BCUT2D eigenvalue weighted by atomic mass is 79.9. The lowest BCUT2D eigenvalue weighted by Gasteiger charge is -2.16. The van der Waals surface area contributed by atoms with Crippen LogP contribution in [0.25, 0.3) is 16.8 Å². The number of pyridine rings is 2. The largest absolute Gasteiger partial charge is 0.383 e. The van der Waals surface area contributed by atoms with Crippen LogP contribution in [0, 0.1) is 5.82 Å². The van der Waals surface area contributed by atoms with Gasteiger partial charge in [0.05, 0.1) is 15.7 Å². The zero-order chi connectivity index (χ0) is 19.4. The van der Waals surface area contributed by atoms with Gasteiger partial charge in [-0.15, -0.1) is 0 Å². The Balaban J connectivity index is 2.32. The third-order valence-electron chi connectivity index (χ3n) is 4.36. The monoisotopic (exact) mass is 421 g/mol. The molecule has 0 aromatic carbocycles. The number of aromatic nitrogens is 3. The van der Waals surface area contributed by atoms with Crippen molar-refractivity contribution < 1.29 is 9.50 Å². The van der Waals surface area contributed by atoms with Gasteiger partial charge in [-0.25, -0.2) is 9.37 Å². The van der Waals surface area contributed by atoms with Gasteiger partial charge in [-0.3, -0.25) is 9.20 Å². The van der Waals surface area contributed by atoms with Crippen LogP contribution in [0.5, 0.6) is 0 Å². The average Bonchev–Trinajstić information content (AvgIpc) is 2.92. The van der Waals surface area contributed by atoms with Crippen molar-refractivity contribution in [3.8, 4) is 11.3 Å². The van der Waals surface area contributed by atoms with Gasteiger partial charge in [-0.1, -0.05) is 13.8 Å². The first-order chi connectivity index (χ1) is 12.0. The number of hydrogen-bond donors (Lipinski definition) is 1. The summed E-state index contributed by atoms with van der Waals surface area (Å²) in [6, 6.07) is 3.43. The van der Waals surface area contributed by atoms with Gasteiger partial charge < -0.3 is 9.67 Å². The summed E-state index contributed by atoms with van der Waals surface area (Å²) in [5, 5.41) is 10.2. The minimum absolute atomic E-state index is 0.149. The van der Waals surface area contributed by atoms with Gasteiger partial charge in [0, 0.05) is 25.0 Å². The van der Waals surface area contributed by atoms with Crippen molar-refractivity contribution in [2.75, 3.05) is 0 Å². The maximum Gasteiger partial charge on any atom is 0.269 e. The Bertz CT molecular complexity index is 1060. The third-order valence-corrected chi connectivity index (χ3v) is 4.93. The van der Waals surface area contributed by atoms with Crippen LogP contribution in [-0.2, 0) is 12.6 Å². The van der Waals surface area contributed by atoms with E-state index >= 15 is 0 Å². The zero-order valence-electron chi connectivity index (χ0n) is 15.3. The van der Waals surface area contributed by atoms with Crippen molar-refractivity contribution in [2.24, 2.45) is 7.05 Å². The molecule has 0 aliphatic rings. The van der Waals surface area contributed by atoms with Gasteiger partial charge in [0.2, 0.25) is 0 Å². The van der Waals surface area contributed by atoms with Gasteiger partial charge >= 0.3 is 0 Å². The highest BCUT2D eigenvalue weighted by Gasteiger charge is 2.24. The summed E-state index contributed by atoms with van der Waals surface area (Å²) in [5.74, 6) is 0.0349. The lowest BCUT2D eigenvalue weighted by atomic mass is 10.0. The van der Waals surface area contributed by atoms with Crippen LogP contribution in [0.4, 0.5) is 4.39 Å². The predicted molar refractivity (Wildman–Crippen MR) is 103 cm³/mol. The summed E-state index contributed by atoms with van der Waals surface area (Å²) in [7, 11) is 1.75. The number of imidazole rings is 1. The van der Waals surface area contributed by atoms with Gasteiger partial charge in [0.25, 0.3) is 5.56 Å². The van der Waals surface area contributed by atoms with E-state index in [0.29, 0.717) is 27.1 Å². The fourth-order valence-electron chi connectivity index (χ4n) is 3.13. The molecular weight excluding hydrogens is 401 g/mol. The fourth-order valence-corrected chi connectivity index (χ4v) is 3.57. The van der Waals surface area contributed by atoms with Crippen LogP contribution in [0.3, 0.4) is 0 Å². The van der Waals surface area contributed by atoms with E-state index in [4.69, 9.17) is 0 Å².